The van der Waals surface area contributed by atoms with Gasteiger partial charge in [-0.3, -0.25) is 4.68 Å². The second-order valence-corrected chi connectivity index (χ2v) is 5.23. The summed E-state index contributed by atoms with van der Waals surface area (Å²) in [6.45, 7) is 10.9. The number of aryl methyl sites for hydroxylation is 1. The molecule has 0 bridgehead atoms. The molecule has 15 heavy (non-hydrogen) atoms. The molecule has 3 nitrogen and oxygen atoms in total. The third-order valence-electron chi connectivity index (χ3n) is 2.98. The van der Waals surface area contributed by atoms with E-state index in [1.807, 2.05) is 0 Å². The second-order valence-electron chi connectivity index (χ2n) is 5.23. The lowest BCUT2D eigenvalue weighted by Gasteiger charge is -2.24. The zero-order valence-electron chi connectivity index (χ0n) is 10.2. The molecule has 0 radical (unpaired) electrons. The van der Waals surface area contributed by atoms with Crippen molar-refractivity contribution in [2.75, 3.05) is 6.54 Å². The SMILES string of the molecule is CCc1nn(C(C)(C)C)c2c1CNCC2. The Morgan fingerprint density at radius 2 is 2.13 bits per heavy atom. The summed E-state index contributed by atoms with van der Waals surface area (Å²) < 4.78 is 2.22. The van der Waals surface area contributed by atoms with Gasteiger partial charge in [0.2, 0.25) is 0 Å². The van der Waals surface area contributed by atoms with E-state index >= 15 is 0 Å². The molecule has 3 heteroatoms. The number of hydrogen-bond acceptors (Lipinski definition) is 2. The molecule has 0 unspecified atom stereocenters. The normalized spacial score (nSPS) is 16.5. The molecule has 1 aliphatic rings. The molecule has 0 spiro atoms. The minimum atomic E-state index is 0.106. The van der Waals surface area contributed by atoms with Gasteiger partial charge in [0.15, 0.2) is 0 Å². The third-order valence-corrected chi connectivity index (χ3v) is 2.98. The quantitative estimate of drug-likeness (QED) is 0.761. The number of fused-ring (bicyclic) bond motifs is 1. The summed E-state index contributed by atoms with van der Waals surface area (Å²) in [5, 5.41) is 8.19. The molecule has 1 aromatic rings. The number of aromatic nitrogens is 2. The molecule has 0 saturated carbocycles. The first-order valence-electron chi connectivity index (χ1n) is 5.85. The average molecular weight is 207 g/mol. The van der Waals surface area contributed by atoms with Gasteiger partial charge in [0, 0.05) is 30.8 Å². The minimum Gasteiger partial charge on any atom is -0.312 e. The summed E-state index contributed by atoms with van der Waals surface area (Å²) in [7, 11) is 0. The van der Waals surface area contributed by atoms with Gasteiger partial charge in [0.25, 0.3) is 0 Å². The molecule has 0 aromatic carbocycles. The molecule has 0 saturated heterocycles. The molecule has 0 aliphatic carbocycles. The highest BCUT2D eigenvalue weighted by atomic mass is 15.3. The summed E-state index contributed by atoms with van der Waals surface area (Å²) in [4.78, 5) is 0. The van der Waals surface area contributed by atoms with E-state index in [4.69, 9.17) is 5.10 Å². The second kappa shape index (κ2) is 3.63. The van der Waals surface area contributed by atoms with E-state index < -0.39 is 0 Å². The van der Waals surface area contributed by atoms with Crippen LogP contribution in [0.2, 0.25) is 0 Å². The van der Waals surface area contributed by atoms with Crippen LogP contribution in [0.15, 0.2) is 0 Å². The Bertz CT molecular complexity index is 358. The summed E-state index contributed by atoms with van der Waals surface area (Å²) in [6.07, 6.45) is 2.15. The van der Waals surface area contributed by atoms with Gasteiger partial charge in [0.1, 0.15) is 0 Å². The Labute approximate surface area is 91.9 Å². The van der Waals surface area contributed by atoms with Gasteiger partial charge >= 0.3 is 0 Å². The average Bonchev–Trinajstić information content (AvgIpc) is 2.55. The van der Waals surface area contributed by atoms with Crippen molar-refractivity contribution in [3.63, 3.8) is 0 Å². The predicted octanol–water partition coefficient (Wildman–Crippen LogP) is 1.85. The van der Waals surface area contributed by atoms with Crippen LogP contribution in [0.5, 0.6) is 0 Å². The van der Waals surface area contributed by atoms with Crippen LogP contribution in [0.25, 0.3) is 0 Å². The fourth-order valence-electron chi connectivity index (χ4n) is 2.26. The van der Waals surface area contributed by atoms with Gasteiger partial charge in [-0.05, 0) is 27.2 Å². The van der Waals surface area contributed by atoms with Crippen molar-refractivity contribution >= 4 is 0 Å². The number of hydrogen-bond donors (Lipinski definition) is 1. The standard InChI is InChI=1S/C12H21N3/c1-5-10-9-8-13-7-6-11(9)15(14-10)12(2,3)4/h13H,5-8H2,1-4H3. The molecule has 2 heterocycles. The van der Waals surface area contributed by atoms with Crippen LogP contribution >= 0.6 is 0 Å². The largest absolute Gasteiger partial charge is 0.312 e. The zero-order valence-corrected chi connectivity index (χ0v) is 10.2. The molecule has 0 fully saturated rings. The number of nitrogens with zero attached hydrogens (tertiary/aromatic N) is 2. The van der Waals surface area contributed by atoms with Crippen LogP contribution in [0.3, 0.4) is 0 Å². The first-order chi connectivity index (χ1) is 7.04. The summed E-state index contributed by atoms with van der Waals surface area (Å²) >= 11 is 0. The maximum atomic E-state index is 4.76. The van der Waals surface area contributed by atoms with E-state index in [-0.39, 0.29) is 5.54 Å². The van der Waals surface area contributed by atoms with Crippen LogP contribution < -0.4 is 5.32 Å². The van der Waals surface area contributed by atoms with Crippen molar-refractivity contribution in [1.82, 2.24) is 15.1 Å². The molecule has 0 atom stereocenters. The number of rotatable bonds is 1. The smallest absolute Gasteiger partial charge is 0.0670 e. The van der Waals surface area contributed by atoms with Gasteiger partial charge < -0.3 is 5.32 Å². The summed E-state index contributed by atoms with van der Waals surface area (Å²) in [5.74, 6) is 0. The first kappa shape index (κ1) is 10.7. The van der Waals surface area contributed by atoms with Crippen molar-refractivity contribution in [2.45, 2.75) is 52.6 Å². The van der Waals surface area contributed by atoms with E-state index in [0.29, 0.717) is 0 Å². The van der Waals surface area contributed by atoms with Crippen LogP contribution in [-0.4, -0.2) is 16.3 Å². The molecule has 0 amide bonds. The van der Waals surface area contributed by atoms with Crippen LogP contribution in [0.4, 0.5) is 0 Å². The maximum absolute atomic E-state index is 4.76. The van der Waals surface area contributed by atoms with Crippen molar-refractivity contribution in [1.29, 1.82) is 0 Å². The van der Waals surface area contributed by atoms with Crippen LogP contribution in [0.1, 0.15) is 44.6 Å². The highest BCUT2D eigenvalue weighted by Gasteiger charge is 2.25. The van der Waals surface area contributed by atoms with Gasteiger partial charge in [-0.1, -0.05) is 6.92 Å². The third kappa shape index (κ3) is 1.81. The van der Waals surface area contributed by atoms with Crippen LogP contribution in [-0.2, 0) is 24.9 Å². The Kier molecular flexibility index (Phi) is 2.59. The Morgan fingerprint density at radius 1 is 1.40 bits per heavy atom. The highest BCUT2D eigenvalue weighted by molar-refractivity contribution is 5.29. The molecule has 84 valence electrons. The minimum absolute atomic E-state index is 0.106. The van der Waals surface area contributed by atoms with Crippen molar-refractivity contribution in [2.24, 2.45) is 0 Å². The van der Waals surface area contributed by atoms with E-state index in [0.717, 1.165) is 25.9 Å². The Balaban J connectivity index is 2.52. The van der Waals surface area contributed by atoms with Gasteiger partial charge in [-0.15, -0.1) is 0 Å². The molecule has 1 aromatic heterocycles. The Hall–Kier alpha value is -0.830. The lowest BCUT2D eigenvalue weighted by atomic mass is 10.0. The summed E-state index contributed by atoms with van der Waals surface area (Å²) in [6, 6.07) is 0. The van der Waals surface area contributed by atoms with Crippen LogP contribution in [0, 0.1) is 0 Å². The molecular weight excluding hydrogens is 186 g/mol. The maximum Gasteiger partial charge on any atom is 0.0670 e. The zero-order chi connectivity index (χ0) is 11.1. The Morgan fingerprint density at radius 3 is 2.73 bits per heavy atom. The predicted molar refractivity (Wildman–Crippen MR) is 62.0 cm³/mol. The lowest BCUT2D eigenvalue weighted by Crippen LogP contribution is -2.30. The van der Waals surface area contributed by atoms with Gasteiger partial charge in [-0.25, -0.2) is 0 Å². The van der Waals surface area contributed by atoms with E-state index in [2.05, 4.69) is 37.7 Å². The van der Waals surface area contributed by atoms with Crippen molar-refractivity contribution < 1.29 is 0 Å². The van der Waals surface area contributed by atoms with E-state index in [1.54, 1.807) is 0 Å². The molecular formula is C12H21N3. The first-order valence-corrected chi connectivity index (χ1v) is 5.85. The van der Waals surface area contributed by atoms with Gasteiger partial charge in [0.05, 0.1) is 11.2 Å². The fraction of sp³-hybridized carbons (Fsp3) is 0.750. The molecule has 1 N–H and O–H groups in total. The highest BCUT2D eigenvalue weighted by Crippen LogP contribution is 2.24. The topological polar surface area (TPSA) is 29.9 Å². The summed E-state index contributed by atoms with van der Waals surface area (Å²) in [5.41, 5.74) is 4.26. The lowest BCUT2D eigenvalue weighted by molar-refractivity contribution is 0.338. The van der Waals surface area contributed by atoms with Crippen molar-refractivity contribution in [3.05, 3.63) is 17.0 Å². The molecule has 2 rings (SSSR count). The molecule has 1 aliphatic heterocycles. The fourth-order valence-corrected chi connectivity index (χ4v) is 2.26. The number of nitrogens with one attached hydrogen (secondary N) is 1. The monoisotopic (exact) mass is 207 g/mol. The van der Waals surface area contributed by atoms with Crippen molar-refractivity contribution in [3.8, 4) is 0 Å². The van der Waals surface area contributed by atoms with E-state index in [9.17, 15) is 0 Å². The van der Waals surface area contributed by atoms with Gasteiger partial charge in [-0.2, -0.15) is 5.10 Å². The van der Waals surface area contributed by atoms with E-state index in [1.165, 1.54) is 17.0 Å².